The number of carbonyl (C=O) groups excluding carboxylic acids is 2. The summed E-state index contributed by atoms with van der Waals surface area (Å²) in [7, 11) is 1.64. The van der Waals surface area contributed by atoms with E-state index in [0.717, 1.165) is 33.8 Å². The number of thioether (sulfide) groups is 1. The lowest BCUT2D eigenvalue weighted by Gasteiger charge is -2.28. The maximum Gasteiger partial charge on any atom is 0.227 e. The van der Waals surface area contributed by atoms with Crippen LogP contribution >= 0.6 is 11.8 Å². The van der Waals surface area contributed by atoms with Gasteiger partial charge >= 0.3 is 0 Å². The fraction of sp³-hybridized carbons (Fsp3) is 0.385. The van der Waals surface area contributed by atoms with Crippen LogP contribution in [-0.2, 0) is 16.0 Å². The van der Waals surface area contributed by atoms with E-state index in [1.54, 1.807) is 19.5 Å². The smallest absolute Gasteiger partial charge is 0.227 e. The van der Waals surface area contributed by atoms with Crippen LogP contribution in [0.1, 0.15) is 29.9 Å². The largest absolute Gasteiger partial charge is 0.496 e. The summed E-state index contributed by atoms with van der Waals surface area (Å²) >= 11 is 1.53. The van der Waals surface area contributed by atoms with Crippen molar-refractivity contribution in [3.05, 3.63) is 70.4 Å². The van der Waals surface area contributed by atoms with Gasteiger partial charge < -0.3 is 15.0 Å². The normalized spacial score (nSPS) is 25.4. The quantitative estimate of drug-likeness (QED) is 0.691. The van der Waals surface area contributed by atoms with E-state index in [4.69, 9.17) is 4.74 Å². The maximum atomic E-state index is 13.0. The molecule has 2 aliphatic heterocycles. The van der Waals surface area contributed by atoms with Crippen molar-refractivity contribution in [2.24, 2.45) is 11.8 Å². The molecule has 0 radical (unpaired) electrons. The number of hydrogen-bond donors (Lipinski definition) is 1. The highest BCUT2D eigenvalue weighted by molar-refractivity contribution is 8.04. The number of ether oxygens (including phenoxy) is 1. The molecule has 4 atom stereocenters. The Labute approximate surface area is 203 Å². The summed E-state index contributed by atoms with van der Waals surface area (Å²) in [6.45, 7) is 1.10. The number of pyridine rings is 1. The number of benzene rings is 1. The van der Waals surface area contributed by atoms with Crippen LogP contribution in [0.15, 0.2) is 59.3 Å². The van der Waals surface area contributed by atoms with Crippen LogP contribution < -0.4 is 10.1 Å². The summed E-state index contributed by atoms with van der Waals surface area (Å²) in [5, 5.41) is 12.7. The SMILES string of the molecule is COc1ccccc1C1CC1C(=O)NC1SC2=C(CCN(C(=O)Cc3ccncc3)C2)C1C#N. The Balaban J connectivity index is 1.20. The van der Waals surface area contributed by atoms with E-state index in [9.17, 15) is 14.9 Å². The minimum Gasteiger partial charge on any atom is -0.496 e. The van der Waals surface area contributed by atoms with Crippen LogP contribution in [-0.4, -0.2) is 47.3 Å². The molecule has 1 aliphatic carbocycles. The number of hydrogen-bond acceptors (Lipinski definition) is 6. The van der Waals surface area contributed by atoms with Gasteiger partial charge in [0.1, 0.15) is 5.75 Å². The van der Waals surface area contributed by atoms with Crippen LogP contribution in [0.5, 0.6) is 5.75 Å². The first-order chi connectivity index (χ1) is 16.6. The van der Waals surface area contributed by atoms with Crippen LogP contribution in [0.4, 0.5) is 0 Å². The van der Waals surface area contributed by atoms with Gasteiger partial charge in [0.2, 0.25) is 11.8 Å². The number of amides is 2. The Morgan fingerprint density at radius 3 is 2.82 bits per heavy atom. The minimum atomic E-state index is -0.357. The molecule has 3 aliphatic rings. The van der Waals surface area contributed by atoms with Crippen molar-refractivity contribution >= 4 is 23.6 Å². The molecule has 0 spiro atoms. The Bertz CT molecular complexity index is 1180. The molecular weight excluding hydrogens is 448 g/mol. The Morgan fingerprint density at radius 2 is 2.06 bits per heavy atom. The van der Waals surface area contributed by atoms with Crippen molar-refractivity contribution in [3.8, 4) is 11.8 Å². The summed E-state index contributed by atoms with van der Waals surface area (Å²) < 4.78 is 5.45. The van der Waals surface area contributed by atoms with E-state index in [2.05, 4.69) is 16.4 Å². The Hall–Kier alpha value is -3.31. The third-order valence-corrected chi connectivity index (χ3v) is 8.16. The summed E-state index contributed by atoms with van der Waals surface area (Å²) in [5.41, 5.74) is 3.07. The van der Waals surface area contributed by atoms with Gasteiger partial charge in [-0.05, 0) is 53.7 Å². The lowest BCUT2D eigenvalue weighted by Crippen LogP contribution is -2.38. The molecular formula is C26H26N4O3S. The average Bonchev–Trinajstić information content (AvgIpc) is 3.59. The molecule has 1 saturated carbocycles. The van der Waals surface area contributed by atoms with Gasteiger partial charge in [-0.25, -0.2) is 0 Å². The lowest BCUT2D eigenvalue weighted by molar-refractivity contribution is -0.130. The molecule has 174 valence electrons. The second-order valence-corrected chi connectivity index (χ2v) is 10.1. The first-order valence-corrected chi connectivity index (χ1v) is 12.3. The zero-order valence-corrected chi connectivity index (χ0v) is 19.8. The molecule has 1 fully saturated rings. The molecule has 3 heterocycles. The number of aromatic nitrogens is 1. The van der Waals surface area contributed by atoms with Crippen LogP contribution in [0.3, 0.4) is 0 Å². The highest BCUT2D eigenvalue weighted by atomic mass is 32.2. The molecule has 8 heteroatoms. The van der Waals surface area contributed by atoms with Gasteiger partial charge in [-0.2, -0.15) is 5.26 Å². The van der Waals surface area contributed by atoms with Gasteiger partial charge in [0.25, 0.3) is 0 Å². The maximum absolute atomic E-state index is 13.0. The van der Waals surface area contributed by atoms with E-state index in [0.29, 0.717) is 25.9 Å². The van der Waals surface area contributed by atoms with E-state index in [1.165, 1.54) is 11.8 Å². The van der Waals surface area contributed by atoms with Gasteiger partial charge in [0.05, 0.1) is 37.4 Å². The van der Waals surface area contributed by atoms with E-state index in [-0.39, 0.29) is 34.9 Å². The van der Waals surface area contributed by atoms with Crippen molar-refractivity contribution in [1.29, 1.82) is 5.26 Å². The number of nitrogens with zero attached hydrogens (tertiary/aromatic N) is 3. The van der Waals surface area contributed by atoms with Crippen molar-refractivity contribution in [1.82, 2.24) is 15.2 Å². The summed E-state index contributed by atoms with van der Waals surface area (Å²) in [6, 6.07) is 13.9. The number of rotatable bonds is 6. The van der Waals surface area contributed by atoms with Gasteiger partial charge in [0, 0.05) is 29.8 Å². The number of para-hydroxylation sites is 1. The lowest BCUT2D eigenvalue weighted by atomic mass is 9.94. The predicted molar refractivity (Wildman–Crippen MR) is 129 cm³/mol. The molecule has 2 amide bonds. The molecule has 7 nitrogen and oxygen atoms in total. The molecule has 1 aromatic carbocycles. The number of carbonyl (C=O) groups is 2. The van der Waals surface area contributed by atoms with Crippen molar-refractivity contribution < 1.29 is 14.3 Å². The van der Waals surface area contributed by atoms with Gasteiger partial charge in [-0.1, -0.05) is 18.2 Å². The van der Waals surface area contributed by atoms with Crippen LogP contribution in [0.25, 0.3) is 0 Å². The topological polar surface area (TPSA) is 95.3 Å². The van der Waals surface area contributed by atoms with Crippen molar-refractivity contribution in [3.63, 3.8) is 0 Å². The minimum absolute atomic E-state index is 0.0147. The summed E-state index contributed by atoms with van der Waals surface area (Å²) in [5.74, 6) is 0.543. The molecule has 0 bridgehead atoms. The monoisotopic (exact) mass is 474 g/mol. The fourth-order valence-corrected chi connectivity index (χ4v) is 6.36. The Morgan fingerprint density at radius 1 is 1.26 bits per heavy atom. The summed E-state index contributed by atoms with van der Waals surface area (Å²) in [4.78, 5) is 32.7. The molecule has 34 heavy (non-hydrogen) atoms. The second kappa shape index (κ2) is 9.51. The molecule has 2 aromatic rings. The number of methoxy groups -OCH3 is 1. The van der Waals surface area contributed by atoms with Crippen molar-refractivity contribution in [2.75, 3.05) is 20.2 Å². The first-order valence-electron chi connectivity index (χ1n) is 11.5. The van der Waals surface area contributed by atoms with Crippen LogP contribution in [0, 0.1) is 23.2 Å². The highest BCUT2D eigenvalue weighted by Gasteiger charge is 2.47. The second-order valence-electron chi connectivity index (χ2n) is 8.89. The molecule has 4 unspecified atom stereocenters. The molecule has 5 rings (SSSR count). The van der Waals surface area contributed by atoms with E-state index < -0.39 is 0 Å². The molecule has 1 N–H and O–H groups in total. The zero-order valence-electron chi connectivity index (χ0n) is 18.9. The highest BCUT2D eigenvalue weighted by Crippen LogP contribution is 2.51. The number of nitriles is 1. The van der Waals surface area contributed by atoms with Crippen LogP contribution in [0.2, 0.25) is 0 Å². The van der Waals surface area contributed by atoms with Crippen molar-refractivity contribution in [2.45, 2.75) is 30.6 Å². The van der Waals surface area contributed by atoms with Gasteiger partial charge in [0.15, 0.2) is 0 Å². The standard InChI is InChI=1S/C26H26N4O3S/c1-33-22-5-3-2-4-17(22)19-13-20(19)25(32)29-26-21(14-27)18-8-11-30(15-23(18)34-26)24(31)12-16-6-9-28-10-7-16/h2-7,9-10,19-21,26H,8,11-13,15H2,1H3,(H,29,32). The predicted octanol–water partition coefficient (Wildman–Crippen LogP) is 3.25. The van der Waals surface area contributed by atoms with Gasteiger partial charge in [-0.3, -0.25) is 14.6 Å². The zero-order chi connectivity index (χ0) is 23.7. The molecule has 0 saturated heterocycles. The van der Waals surface area contributed by atoms with E-state index in [1.807, 2.05) is 41.3 Å². The number of nitrogens with one attached hydrogen (secondary N) is 1. The summed E-state index contributed by atoms with van der Waals surface area (Å²) in [6.07, 6.45) is 5.17. The van der Waals surface area contributed by atoms with E-state index >= 15 is 0 Å². The van der Waals surface area contributed by atoms with Gasteiger partial charge in [-0.15, -0.1) is 11.8 Å². The third kappa shape index (κ3) is 4.40. The molecule has 1 aromatic heterocycles. The Kier molecular flexibility index (Phi) is 6.29. The average molecular weight is 475 g/mol. The third-order valence-electron chi connectivity index (χ3n) is 6.84. The first kappa shape index (κ1) is 22.5. The fourth-order valence-electron chi connectivity index (χ4n) is 4.90.